The summed E-state index contributed by atoms with van der Waals surface area (Å²) in [6.07, 6.45) is -2.06. The van der Waals surface area contributed by atoms with Gasteiger partial charge in [-0.1, -0.05) is 12.1 Å². The molecule has 0 aliphatic heterocycles. The second-order valence-corrected chi connectivity index (χ2v) is 4.69. The van der Waals surface area contributed by atoms with Gasteiger partial charge in [0.15, 0.2) is 0 Å². The van der Waals surface area contributed by atoms with Gasteiger partial charge in [-0.05, 0) is 12.1 Å². The zero-order valence-corrected chi connectivity index (χ0v) is 12.5. The highest BCUT2D eigenvalue weighted by Gasteiger charge is 2.27. The molecular formula is C14H12F5N3O3. The minimum atomic E-state index is -4.46. The molecule has 0 radical (unpaired) electrons. The zero-order chi connectivity index (χ0) is 18.4. The average Bonchev–Trinajstić information content (AvgIpc) is 2.93. The molecule has 6 nitrogen and oxygen atoms in total. The van der Waals surface area contributed by atoms with Crippen LogP contribution in [0.15, 0.2) is 36.7 Å². The molecule has 2 aromatic rings. The van der Waals surface area contributed by atoms with E-state index in [0.29, 0.717) is 0 Å². The molecule has 25 heavy (non-hydrogen) atoms. The Morgan fingerprint density at radius 2 is 2.00 bits per heavy atom. The fourth-order valence-corrected chi connectivity index (χ4v) is 1.81. The van der Waals surface area contributed by atoms with Crippen molar-refractivity contribution in [2.75, 3.05) is 11.9 Å². The number of para-hydroxylation sites is 1. The minimum absolute atomic E-state index is 0.135. The Morgan fingerprint density at radius 1 is 1.28 bits per heavy atom. The molecule has 0 saturated carbocycles. The van der Waals surface area contributed by atoms with Crippen LogP contribution in [-0.2, 0) is 11.5 Å². The summed E-state index contributed by atoms with van der Waals surface area (Å²) in [5, 5.41) is 6.09. The molecule has 11 heteroatoms. The normalized spacial score (nSPS) is 11.6. The van der Waals surface area contributed by atoms with Gasteiger partial charge in [0.05, 0.1) is 23.6 Å². The van der Waals surface area contributed by atoms with Crippen LogP contribution < -0.4 is 10.1 Å². The number of hydrogen-bond acceptors (Lipinski definition) is 4. The number of aromatic nitrogens is 2. The molecular weight excluding hydrogens is 353 g/mol. The number of nitrogens with zero attached hydrogens (tertiary/aromatic N) is 2. The Kier molecular flexibility index (Phi) is 5.91. The number of hydrogen-bond donors (Lipinski definition) is 1. The van der Waals surface area contributed by atoms with Crippen molar-refractivity contribution in [3.8, 4) is 5.75 Å². The highest BCUT2D eigenvalue weighted by Crippen LogP contribution is 2.21. The van der Waals surface area contributed by atoms with E-state index in [1.807, 2.05) is 0 Å². The van der Waals surface area contributed by atoms with Gasteiger partial charge in [-0.25, -0.2) is 4.68 Å². The number of amides is 1. The first-order valence-corrected chi connectivity index (χ1v) is 6.77. The summed E-state index contributed by atoms with van der Waals surface area (Å²) in [5.41, 5.74) is 0.0105. The molecule has 1 heterocycles. The summed E-state index contributed by atoms with van der Waals surface area (Å²) in [6.45, 7) is -5.00. The number of ether oxygens (including phenoxy) is 2. The zero-order valence-electron chi connectivity index (χ0n) is 12.5. The Balaban J connectivity index is 1.98. The van der Waals surface area contributed by atoms with Crippen LogP contribution in [0.2, 0.25) is 0 Å². The molecule has 0 atom stereocenters. The Bertz CT molecular complexity index is 718. The molecule has 0 aliphatic carbocycles. The highest BCUT2D eigenvalue weighted by atomic mass is 19.4. The molecule has 0 spiro atoms. The standard InChI is InChI=1S/C14H12F5N3O3/c15-13(16)25-11-4-2-1-3-10(11)12(23)21-9-5-20-22(6-9)8-24-7-14(17,18)19/h1-6,13H,7-8H2,(H,21,23). The van der Waals surface area contributed by atoms with Gasteiger partial charge in [-0.15, -0.1) is 0 Å². The van der Waals surface area contributed by atoms with Crippen LogP contribution in [0.4, 0.5) is 27.6 Å². The Labute approximate surface area is 138 Å². The summed E-state index contributed by atoms with van der Waals surface area (Å²) >= 11 is 0. The van der Waals surface area contributed by atoms with Crippen LogP contribution >= 0.6 is 0 Å². The van der Waals surface area contributed by atoms with Crippen molar-refractivity contribution in [3.05, 3.63) is 42.2 Å². The maximum atomic E-state index is 12.3. The van der Waals surface area contributed by atoms with E-state index >= 15 is 0 Å². The maximum Gasteiger partial charge on any atom is 0.411 e. The van der Waals surface area contributed by atoms with Crippen molar-refractivity contribution >= 4 is 11.6 Å². The summed E-state index contributed by atoms with van der Waals surface area (Å²) in [7, 11) is 0. The molecule has 0 unspecified atom stereocenters. The fraction of sp³-hybridized carbons (Fsp3) is 0.286. The lowest BCUT2D eigenvalue weighted by atomic mass is 10.2. The number of nitrogens with one attached hydrogen (secondary N) is 1. The second-order valence-electron chi connectivity index (χ2n) is 4.69. The lowest BCUT2D eigenvalue weighted by molar-refractivity contribution is -0.182. The topological polar surface area (TPSA) is 65.4 Å². The molecule has 1 aromatic heterocycles. The molecule has 0 saturated heterocycles. The quantitative estimate of drug-likeness (QED) is 0.765. The van der Waals surface area contributed by atoms with Crippen LogP contribution in [0.25, 0.3) is 0 Å². The molecule has 1 amide bonds. The molecule has 1 N–H and O–H groups in total. The van der Waals surface area contributed by atoms with Crippen LogP contribution in [0.1, 0.15) is 10.4 Å². The predicted molar refractivity (Wildman–Crippen MR) is 75.3 cm³/mol. The first kappa shape index (κ1) is 18.6. The van der Waals surface area contributed by atoms with E-state index in [1.54, 1.807) is 0 Å². The van der Waals surface area contributed by atoms with Crippen molar-refractivity contribution in [2.24, 2.45) is 0 Å². The molecule has 1 aromatic carbocycles. The Hall–Kier alpha value is -2.69. The first-order chi connectivity index (χ1) is 11.7. The van der Waals surface area contributed by atoms with Crippen LogP contribution in [0, 0.1) is 0 Å². The smallest absolute Gasteiger partial charge is 0.411 e. The summed E-state index contributed by atoms with van der Waals surface area (Å²) in [6, 6.07) is 5.37. The summed E-state index contributed by atoms with van der Waals surface area (Å²) in [4.78, 5) is 12.1. The SMILES string of the molecule is O=C(Nc1cnn(COCC(F)(F)F)c1)c1ccccc1OC(F)F. The van der Waals surface area contributed by atoms with Crippen LogP contribution in [0.3, 0.4) is 0 Å². The van der Waals surface area contributed by atoms with E-state index in [4.69, 9.17) is 0 Å². The maximum absolute atomic E-state index is 12.3. The number of carbonyl (C=O) groups excluding carboxylic acids is 1. The number of alkyl halides is 5. The van der Waals surface area contributed by atoms with Crippen molar-refractivity contribution < 1.29 is 36.2 Å². The van der Waals surface area contributed by atoms with Gasteiger partial charge in [-0.3, -0.25) is 4.79 Å². The van der Waals surface area contributed by atoms with E-state index in [1.165, 1.54) is 36.7 Å². The number of halogens is 5. The van der Waals surface area contributed by atoms with E-state index in [-0.39, 0.29) is 17.0 Å². The van der Waals surface area contributed by atoms with Gasteiger partial charge >= 0.3 is 12.8 Å². The predicted octanol–water partition coefficient (Wildman–Crippen LogP) is 3.27. The van der Waals surface area contributed by atoms with E-state index in [2.05, 4.69) is 19.9 Å². The third-order valence-corrected chi connectivity index (χ3v) is 2.73. The van der Waals surface area contributed by atoms with Crippen molar-refractivity contribution in [3.63, 3.8) is 0 Å². The van der Waals surface area contributed by atoms with Crippen LogP contribution in [-0.4, -0.2) is 35.1 Å². The third-order valence-electron chi connectivity index (χ3n) is 2.73. The third kappa shape index (κ3) is 6.03. The van der Waals surface area contributed by atoms with Crippen molar-refractivity contribution in [1.82, 2.24) is 9.78 Å². The van der Waals surface area contributed by atoms with Gasteiger partial charge in [0.2, 0.25) is 0 Å². The molecule has 136 valence electrons. The van der Waals surface area contributed by atoms with Gasteiger partial charge in [0.1, 0.15) is 19.1 Å². The van der Waals surface area contributed by atoms with Crippen LogP contribution in [0.5, 0.6) is 5.75 Å². The highest BCUT2D eigenvalue weighted by molar-refractivity contribution is 6.06. The van der Waals surface area contributed by atoms with Gasteiger partial charge in [-0.2, -0.15) is 27.1 Å². The molecule has 0 aliphatic rings. The summed E-state index contributed by atoms with van der Waals surface area (Å²) < 4.78 is 70.3. The van der Waals surface area contributed by atoms with Gasteiger partial charge in [0, 0.05) is 0 Å². The number of anilines is 1. The largest absolute Gasteiger partial charge is 0.434 e. The van der Waals surface area contributed by atoms with Crippen molar-refractivity contribution in [2.45, 2.75) is 19.5 Å². The van der Waals surface area contributed by atoms with Gasteiger partial charge in [0.25, 0.3) is 5.91 Å². The average molecular weight is 365 g/mol. The van der Waals surface area contributed by atoms with Crippen molar-refractivity contribution in [1.29, 1.82) is 0 Å². The lowest BCUT2D eigenvalue weighted by Crippen LogP contribution is -2.18. The molecule has 0 fully saturated rings. The minimum Gasteiger partial charge on any atom is -0.434 e. The molecule has 2 rings (SSSR count). The molecule has 0 bridgehead atoms. The number of rotatable bonds is 7. The van der Waals surface area contributed by atoms with Gasteiger partial charge < -0.3 is 14.8 Å². The fourth-order valence-electron chi connectivity index (χ4n) is 1.81. The van der Waals surface area contributed by atoms with E-state index in [9.17, 15) is 26.7 Å². The number of carbonyl (C=O) groups is 1. The Morgan fingerprint density at radius 3 is 2.68 bits per heavy atom. The first-order valence-electron chi connectivity index (χ1n) is 6.77. The lowest BCUT2D eigenvalue weighted by Gasteiger charge is -2.10. The van der Waals surface area contributed by atoms with E-state index in [0.717, 1.165) is 4.68 Å². The number of benzene rings is 1. The monoisotopic (exact) mass is 365 g/mol. The second kappa shape index (κ2) is 7.92. The summed E-state index contributed by atoms with van der Waals surface area (Å²) in [5.74, 6) is -1.05. The van der Waals surface area contributed by atoms with E-state index < -0.39 is 32.0 Å².